The van der Waals surface area contributed by atoms with Crippen LogP contribution < -0.4 is 0 Å². The molecule has 1 nitrogen and oxygen atoms in total. The minimum Gasteiger partial charge on any atom is -0.375 e. The quantitative estimate of drug-likeness (QED) is 0.641. The molecule has 2 aliphatic carbocycles. The van der Waals surface area contributed by atoms with Crippen LogP contribution in [-0.2, 0) is 4.74 Å². The molecule has 0 spiro atoms. The van der Waals surface area contributed by atoms with Gasteiger partial charge in [0, 0.05) is 5.41 Å². The Morgan fingerprint density at radius 2 is 2.07 bits per heavy atom. The second-order valence-electron chi connectivity index (χ2n) is 6.31. The lowest BCUT2D eigenvalue weighted by Crippen LogP contribution is -2.35. The lowest BCUT2D eigenvalue weighted by molar-refractivity contribution is -0.0619. The fourth-order valence-corrected chi connectivity index (χ4v) is 3.09. The van der Waals surface area contributed by atoms with Crippen molar-refractivity contribution in [2.75, 3.05) is 6.61 Å². The molecule has 0 radical (unpaired) electrons. The van der Waals surface area contributed by atoms with Crippen LogP contribution in [-0.4, -0.2) is 12.2 Å². The fraction of sp³-hybridized carbons (Fsp3) is 0.857. The molecule has 2 bridgehead atoms. The third-order valence-corrected chi connectivity index (χ3v) is 4.12. The van der Waals surface area contributed by atoms with Gasteiger partial charge in [-0.05, 0) is 51.9 Å². The average molecular weight is 208 g/mol. The summed E-state index contributed by atoms with van der Waals surface area (Å²) >= 11 is 0. The van der Waals surface area contributed by atoms with Crippen LogP contribution in [0.25, 0.3) is 0 Å². The maximum atomic E-state index is 6.03. The molecule has 0 heterocycles. The van der Waals surface area contributed by atoms with Gasteiger partial charge in [0.05, 0.1) is 12.2 Å². The van der Waals surface area contributed by atoms with Gasteiger partial charge in [0.15, 0.2) is 0 Å². The Kier molecular flexibility index (Phi) is 2.70. The van der Waals surface area contributed by atoms with E-state index >= 15 is 0 Å². The summed E-state index contributed by atoms with van der Waals surface area (Å²) in [6.45, 7) is 9.72. The predicted molar refractivity (Wildman–Crippen MR) is 63.8 cm³/mol. The van der Waals surface area contributed by atoms with E-state index < -0.39 is 0 Å². The van der Waals surface area contributed by atoms with Gasteiger partial charge in [0.2, 0.25) is 0 Å². The Balaban J connectivity index is 2.01. The molecule has 2 rings (SSSR count). The third-order valence-electron chi connectivity index (χ3n) is 4.12. The van der Waals surface area contributed by atoms with Gasteiger partial charge in [-0.1, -0.05) is 19.1 Å². The summed E-state index contributed by atoms with van der Waals surface area (Å²) in [5.74, 6) is 1.63. The molecule has 1 fully saturated rings. The van der Waals surface area contributed by atoms with Crippen LogP contribution >= 0.6 is 0 Å². The molecule has 0 saturated heterocycles. The van der Waals surface area contributed by atoms with E-state index in [9.17, 15) is 0 Å². The van der Waals surface area contributed by atoms with Crippen molar-refractivity contribution < 1.29 is 4.74 Å². The molecule has 0 aliphatic heterocycles. The Morgan fingerprint density at radius 1 is 1.33 bits per heavy atom. The number of rotatable bonds is 3. The first-order valence-corrected chi connectivity index (χ1v) is 6.27. The number of fused-ring (bicyclic) bond motifs is 2. The van der Waals surface area contributed by atoms with Gasteiger partial charge in [-0.3, -0.25) is 0 Å². The third kappa shape index (κ3) is 2.13. The van der Waals surface area contributed by atoms with E-state index in [1.807, 2.05) is 0 Å². The molecule has 0 aromatic heterocycles. The summed E-state index contributed by atoms with van der Waals surface area (Å²) in [5, 5.41) is 0. The molecule has 1 saturated carbocycles. The van der Waals surface area contributed by atoms with Crippen LogP contribution in [0.5, 0.6) is 0 Å². The SMILES string of the molecule is CCC1(COC(C)(C)C)CC2C=CC1C2. The van der Waals surface area contributed by atoms with Gasteiger partial charge in [-0.15, -0.1) is 0 Å². The van der Waals surface area contributed by atoms with E-state index in [0.29, 0.717) is 5.41 Å². The highest BCUT2D eigenvalue weighted by molar-refractivity contribution is 5.15. The van der Waals surface area contributed by atoms with E-state index in [1.165, 1.54) is 19.3 Å². The molecule has 0 aromatic rings. The first-order valence-electron chi connectivity index (χ1n) is 6.27. The Morgan fingerprint density at radius 3 is 2.47 bits per heavy atom. The van der Waals surface area contributed by atoms with Crippen LogP contribution in [0.1, 0.15) is 47.0 Å². The van der Waals surface area contributed by atoms with Crippen LogP contribution in [0.15, 0.2) is 12.2 Å². The van der Waals surface area contributed by atoms with Crippen molar-refractivity contribution in [2.45, 2.75) is 52.6 Å². The van der Waals surface area contributed by atoms with Crippen LogP contribution in [0, 0.1) is 17.3 Å². The Hall–Kier alpha value is -0.300. The maximum Gasteiger partial charge on any atom is 0.0598 e. The molecular weight excluding hydrogens is 184 g/mol. The van der Waals surface area contributed by atoms with Crippen LogP contribution in [0.3, 0.4) is 0 Å². The summed E-state index contributed by atoms with van der Waals surface area (Å²) in [5.41, 5.74) is 0.459. The van der Waals surface area contributed by atoms with Gasteiger partial charge >= 0.3 is 0 Å². The van der Waals surface area contributed by atoms with E-state index in [0.717, 1.165) is 18.4 Å². The first-order chi connectivity index (χ1) is 6.95. The van der Waals surface area contributed by atoms with Crippen molar-refractivity contribution in [3.05, 3.63) is 12.2 Å². The van der Waals surface area contributed by atoms with Gasteiger partial charge in [0.25, 0.3) is 0 Å². The van der Waals surface area contributed by atoms with Crippen molar-refractivity contribution >= 4 is 0 Å². The van der Waals surface area contributed by atoms with Crippen molar-refractivity contribution in [1.29, 1.82) is 0 Å². The lowest BCUT2D eigenvalue weighted by atomic mass is 9.74. The number of ether oxygens (including phenoxy) is 1. The van der Waals surface area contributed by atoms with E-state index in [-0.39, 0.29) is 5.60 Å². The summed E-state index contributed by atoms with van der Waals surface area (Å²) in [6.07, 6.45) is 8.83. The van der Waals surface area contributed by atoms with Crippen molar-refractivity contribution in [1.82, 2.24) is 0 Å². The van der Waals surface area contributed by atoms with Crippen molar-refractivity contribution in [3.8, 4) is 0 Å². The minimum atomic E-state index is 0.00766. The molecule has 0 N–H and O–H groups in total. The topological polar surface area (TPSA) is 9.23 Å². The highest BCUT2D eigenvalue weighted by Gasteiger charge is 2.47. The van der Waals surface area contributed by atoms with Gasteiger partial charge < -0.3 is 4.74 Å². The zero-order valence-electron chi connectivity index (χ0n) is 10.5. The van der Waals surface area contributed by atoms with Gasteiger partial charge in [0.1, 0.15) is 0 Å². The van der Waals surface area contributed by atoms with Gasteiger partial charge in [-0.25, -0.2) is 0 Å². The highest BCUT2D eigenvalue weighted by Crippen LogP contribution is 2.54. The summed E-state index contributed by atoms with van der Waals surface area (Å²) in [4.78, 5) is 0. The molecule has 2 aliphatic rings. The Bertz CT molecular complexity index is 261. The first kappa shape index (κ1) is 11.2. The summed E-state index contributed by atoms with van der Waals surface area (Å²) < 4.78 is 6.03. The summed E-state index contributed by atoms with van der Waals surface area (Å²) in [6, 6.07) is 0. The monoisotopic (exact) mass is 208 g/mol. The zero-order chi connectivity index (χ0) is 11.1. The van der Waals surface area contributed by atoms with E-state index in [4.69, 9.17) is 4.74 Å². The lowest BCUT2D eigenvalue weighted by Gasteiger charge is -2.37. The standard InChI is InChI=1S/C14H24O/c1-5-14(10-15-13(2,3)4)9-11-6-7-12(14)8-11/h6-7,11-12H,5,8-10H2,1-4H3. The molecule has 3 atom stereocenters. The minimum absolute atomic E-state index is 0.00766. The second kappa shape index (κ2) is 3.62. The largest absolute Gasteiger partial charge is 0.375 e. The second-order valence-corrected chi connectivity index (χ2v) is 6.31. The average Bonchev–Trinajstić information content (AvgIpc) is 2.73. The molecule has 3 unspecified atom stereocenters. The molecule has 86 valence electrons. The molecular formula is C14H24O. The highest BCUT2D eigenvalue weighted by atomic mass is 16.5. The fourth-order valence-electron chi connectivity index (χ4n) is 3.09. The van der Waals surface area contributed by atoms with Gasteiger partial charge in [-0.2, -0.15) is 0 Å². The molecule has 0 aromatic carbocycles. The van der Waals surface area contributed by atoms with E-state index in [1.54, 1.807) is 0 Å². The smallest absolute Gasteiger partial charge is 0.0598 e. The van der Waals surface area contributed by atoms with Crippen molar-refractivity contribution in [2.24, 2.45) is 17.3 Å². The van der Waals surface area contributed by atoms with Crippen LogP contribution in [0.4, 0.5) is 0 Å². The number of hydrogen-bond donors (Lipinski definition) is 0. The van der Waals surface area contributed by atoms with E-state index in [2.05, 4.69) is 39.8 Å². The maximum absolute atomic E-state index is 6.03. The number of allylic oxidation sites excluding steroid dienone is 2. The van der Waals surface area contributed by atoms with Crippen LogP contribution in [0.2, 0.25) is 0 Å². The number of hydrogen-bond acceptors (Lipinski definition) is 1. The molecule has 0 amide bonds. The van der Waals surface area contributed by atoms with Crippen molar-refractivity contribution in [3.63, 3.8) is 0 Å². The normalized spacial score (nSPS) is 38.9. The molecule has 1 heteroatoms. The molecule has 15 heavy (non-hydrogen) atoms. The Labute approximate surface area is 93.9 Å². The zero-order valence-corrected chi connectivity index (χ0v) is 10.5. The predicted octanol–water partition coefficient (Wildman–Crippen LogP) is 3.79. The summed E-state index contributed by atoms with van der Waals surface area (Å²) in [7, 11) is 0.